The van der Waals surface area contributed by atoms with Crippen molar-refractivity contribution in [3.63, 3.8) is 0 Å². The first-order chi connectivity index (χ1) is 10.2. The minimum absolute atomic E-state index is 0.0812. The molecule has 1 aromatic rings. The van der Waals surface area contributed by atoms with Crippen LogP contribution in [0.1, 0.15) is 6.42 Å². The largest absolute Gasteiger partial charge is 0.486 e. The number of fused-ring (bicyclic) bond motifs is 1. The molecule has 21 heavy (non-hydrogen) atoms. The van der Waals surface area contributed by atoms with Crippen molar-refractivity contribution in [3.8, 4) is 11.5 Å². The van der Waals surface area contributed by atoms with E-state index in [1.165, 1.54) is 0 Å². The SMILES string of the molecule is O=C1CCSC[C@@H](C(=O)Nc2ccc3c(c2)OCCO3)N1. The first-order valence-corrected chi connectivity index (χ1v) is 7.95. The Morgan fingerprint density at radius 1 is 1.29 bits per heavy atom. The van der Waals surface area contributed by atoms with Crippen LogP contribution in [-0.2, 0) is 9.59 Å². The van der Waals surface area contributed by atoms with Gasteiger partial charge in [0, 0.05) is 29.7 Å². The molecule has 0 aromatic heterocycles. The van der Waals surface area contributed by atoms with Crippen LogP contribution >= 0.6 is 11.8 Å². The van der Waals surface area contributed by atoms with Gasteiger partial charge in [-0.05, 0) is 12.1 Å². The lowest BCUT2D eigenvalue weighted by atomic mass is 10.2. The molecule has 1 saturated heterocycles. The van der Waals surface area contributed by atoms with Gasteiger partial charge in [0.25, 0.3) is 0 Å². The fourth-order valence-corrected chi connectivity index (χ4v) is 3.13. The molecule has 2 aliphatic heterocycles. The van der Waals surface area contributed by atoms with Crippen LogP contribution in [0.15, 0.2) is 18.2 Å². The topological polar surface area (TPSA) is 76.7 Å². The molecule has 1 atom stereocenters. The van der Waals surface area contributed by atoms with E-state index in [9.17, 15) is 9.59 Å². The zero-order valence-electron chi connectivity index (χ0n) is 11.4. The average Bonchev–Trinajstić information content (AvgIpc) is 2.72. The summed E-state index contributed by atoms with van der Waals surface area (Å²) >= 11 is 1.60. The molecule has 1 aromatic carbocycles. The summed E-state index contributed by atoms with van der Waals surface area (Å²) in [7, 11) is 0. The molecule has 2 heterocycles. The van der Waals surface area contributed by atoms with Gasteiger partial charge < -0.3 is 20.1 Å². The molecular formula is C14H16N2O4S. The van der Waals surface area contributed by atoms with Gasteiger partial charge in [-0.25, -0.2) is 0 Å². The Labute approximate surface area is 126 Å². The molecule has 3 rings (SSSR count). The Morgan fingerprint density at radius 2 is 2.10 bits per heavy atom. The summed E-state index contributed by atoms with van der Waals surface area (Å²) in [6.45, 7) is 1.03. The van der Waals surface area contributed by atoms with Crippen molar-refractivity contribution in [2.75, 3.05) is 30.0 Å². The Bertz CT molecular complexity index is 564. The number of carbonyl (C=O) groups is 2. The fraction of sp³-hybridized carbons (Fsp3) is 0.429. The number of anilines is 1. The molecular weight excluding hydrogens is 292 g/mol. The molecule has 0 saturated carbocycles. The Balaban J connectivity index is 1.67. The molecule has 2 amide bonds. The number of rotatable bonds is 2. The zero-order valence-corrected chi connectivity index (χ0v) is 12.2. The molecule has 7 heteroatoms. The lowest BCUT2D eigenvalue weighted by Crippen LogP contribution is -2.44. The highest BCUT2D eigenvalue weighted by molar-refractivity contribution is 7.99. The fourth-order valence-electron chi connectivity index (χ4n) is 2.17. The third-order valence-corrected chi connectivity index (χ3v) is 4.28. The Hall–Kier alpha value is -1.89. The zero-order chi connectivity index (χ0) is 14.7. The van der Waals surface area contributed by atoms with Gasteiger partial charge in [0.15, 0.2) is 11.5 Å². The second-order valence-electron chi connectivity index (χ2n) is 4.79. The van der Waals surface area contributed by atoms with Gasteiger partial charge in [0.2, 0.25) is 11.8 Å². The van der Waals surface area contributed by atoms with Gasteiger partial charge in [-0.3, -0.25) is 9.59 Å². The number of amides is 2. The summed E-state index contributed by atoms with van der Waals surface area (Å²) in [6.07, 6.45) is 0.457. The number of ether oxygens (including phenoxy) is 2. The van der Waals surface area contributed by atoms with Crippen LogP contribution in [0.25, 0.3) is 0 Å². The normalized spacial score (nSPS) is 21.1. The van der Waals surface area contributed by atoms with Crippen molar-refractivity contribution in [1.29, 1.82) is 0 Å². The maximum atomic E-state index is 12.2. The van der Waals surface area contributed by atoms with E-state index < -0.39 is 6.04 Å². The highest BCUT2D eigenvalue weighted by Crippen LogP contribution is 2.32. The van der Waals surface area contributed by atoms with Crippen LogP contribution in [0.5, 0.6) is 11.5 Å². The second-order valence-corrected chi connectivity index (χ2v) is 5.94. The van der Waals surface area contributed by atoms with E-state index in [-0.39, 0.29) is 11.8 Å². The van der Waals surface area contributed by atoms with Gasteiger partial charge in [-0.15, -0.1) is 0 Å². The molecule has 2 aliphatic rings. The summed E-state index contributed by atoms with van der Waals surface area (Å²) < 4.78 is 10.9. The van der Waals surface area contributed by atoms with Crippen LogP contribution in [0, 0.1) is 0 Å². The van der Waals surface area contributed by atoms with Crippen LogP contribution in [0.3, 0.4) is 0 Å². The van der Waals surface area contributed by atoms with E-state index in [0.717, 1.165) is 5.75 Å². The minimum Gasteiger partial charge on any atom is -0.486 e. The van der Waals surface area contributed by atoms with Crippen molar-refractivity contribution in [1.82, 2.24) is 5.32 Å². The molecule has 1 fully saturated rings. The lowest BCUT2D eigenvalue weighted by Gasteiger charge is -2.20. The maximum Gasteiger partial charge on any atom is 0.247 e. The van der Waals surface area contributed by atoms with E-state index in [2.05, 4.69) is 10.6 Å². The summed E-state index contributed by atoms with van der Waals surface area (Å²) in [5.74, 6) is 2.34. The average molecular weight is 308 g/mol. The molecule has 0 unspecified atom stereocenters. The third-order valence-electron chi connectivity index (χ3n) is 3.22. The summed E-state index contributed by atoms with van der Waals surface area (Å²) in [5, 5.41) is 5.54. The van der Waals surface area contributed by atoms with E-state index in [1.54, 1.807) is 30.0 Å². The van der Waals surface area contributed by atoms with Gasteiger partial charge in [-0.1, -0.05) is 0 Å². The molecule has 2 N–H and O–H groups in total. The summed E-state index contributed by atoms with van der Waals surface area (Å²) in [4.78, 5) is 23.7. The predicted molar refractivity (Wildman–Crippen MR) is 79.9 cm³/mol. The molecule has 112 valence electrons. The van der Waals surface area contributed by atoms with Crippen molar-refractivity contribution < 1.29 is 19.1 Å². The van der Waals surface area contributed by atoms with Gasteiger partial charge in [0.05, 0.1) is 0 Å². The number of thioether (sulfide) groups is 1. The molecule has 0 aliphatic carbocycles. The molecule has 6 nitrogen and oxygen atoms in total. The predicted octanol–water partition coefficient (Wildman–Crippen LogP) is 1.02. The summed E-state index contributed by atoms with van der Waals surface area (Å²) in [5.41, 5.74) is 0.632. The highest BCUT2D eigenvalue weighted by Gasteiger charge is 2.24. The Morgan fingerprint density at radius 3 is 2.95 bits per heavy atom. The van der Waals surface area contributed by atoms with Crippen LogP contribution in [-0.4, -0.2) is 42.6 Å². The molecule has 0 bridgehead atoms. The highest BCUT2D eigenvalue weighted by atomic mass is 32.2. The van der Waals surface area contributed by atoms with Crippen molar-refractivity contribution in [3.05, 3.63) is 18.2 Å². The minimum atomic E-state index is -0.502. The van der Waals surface area contributed by atoms with Crippen molar-refractivity contribution >= 4 is 29.3 Å². The molecule has 0 spiro atoms. The van der Waals surface area contributed by atoms with Crippen molar-refractivity contribution in [2.24, 2.45) is 0 Å². The summed E-state index contributed by atoms with van der Waals surface area (Å²) in [6, 6.07) is 4.76. The quantitative estimate of drug-likeness (QED) is 0.853. The van der Waals surface area contributed by atoms with E-state index in [0.29, 0.717) is 42.6 Å². The smallest absolute Gasteiger partial charge is 0.247 e. The van der Waals surface area contributed by atoms with Gasteiger partial charge >= 0.3 is 0 Å². The van der Waals surface area contributed by atoms with Gasteiger partial charge in [-0.2, -0.15) is 11.8 Å². The van der Waals surface area contributed by atoms with E-state index in [1.807, 2.05) is 0 Å². The van der Waals surface area contributed by atoms with Crippen LogP contribution in [0.4, 0.5) is 5.69 Å². The van der Waals surface area contributed by atoms with Crippen LogP contribution in [0.2, 0.25) is 0 Å². The number of hydrogen-bond acceptors (Lipinski definition) is 5. The van der Waals surface area contributed by atoms with Gasteiger partial charge in [0.1, 0.15) is 19.3 Å². The first kappa shape index (κ1) is 14.1. The molecule has 0 radical (unpaired) electrons. The monoisotopic (exact) mass is 308 g/mol. The van der Waals surface area contributed by atoms with E-state index in [4.69, 9.17) is 9.47 Å². The second kappa shape index (κ2) is 6.26. The first-order valence-electron chi connectivity index (χ1n) is 6.80. The lowest BCUT2D eigenvalue weighted by molar-refractivity contribution is -0.125. The number of hydrogen-bond donors (Lipinski definition) is 2. The third kappa shape index (κ3) is 3.41. The van der Waals surface area contributed by atoms with Crippen molar-refractivity contribution in [2.45, 2.75) is 12.5 Å². The van der Waals surface area contributed by atoms with Crippen LogP contribution < -0.4 is 20.1 Å². The standard InChI is InChI=1S/C14H16N2O4S/c17-13-3-6-21-8-10(16-13)14(18)15-9-1-2-11-12(7-9)20-5-4-19-11/h1-2,7,10H,3-6,8H2,(H,15,18)(H,16,17)/t10-/m0/s1. The Kier molecular flexibility index (Phi) is 4.19. The number of benzene rings is 1. The van der Waals surface area contributed by atoms with E-state index >= 15 is 0 Å². The number of carbonyl (C=O) groups excluding carboxylic acids is 2. The maximum absolute atomic E-state index is 12.2. The number of nitrogens with one attached hydrogen (secondary N) is 2.